The Hall–Kier alpha value is -1.65. The highest BCUT2D eigenvalue weighted by atomic mass is 32.2. The first kappa shape index (κ1) is 19.1. The molecule has 2 aromatic carbocycles. The van der Waals surface area contributed by atoms with Crippen molar-refractivity contribution in [3.63, 3.8) is 0 Å². The Labute approximate surface area is 157 Å². The van der Waals surface area contributed by atoms with Crippen molar-refractivity contribution in [2.75, 3.05) is 5.75 Å². The Morgan fingerprint density at radius 2 is 1.85 bits per heavy atom. The minimum Gasteiger partial charge on any atom is -0.300 e. The number of unbranched alkanes of at least 4 members (excludes halogenated alkanes) is 1. The predicted molar refractivity (Wildman–Crippen MR) is 107 cm³/mol. The van der Waals surface area contributed by atoms with Crippen LogP contribution in [0, 0.1) is 6.92 Å². The van der Waals surface area contributed by atoms with Gasteiger partial charge in [-0.3, -0.25) is 5.32 Å². The molecule has 0 amide bonds. The Balaban J connectivity index is 2.20. The second-order valence-corrected chi connectivity index (χ2v) is 9.48. The van der Waals surface area contributed by atoms with E-state index in [1.807, 2.05) is 43.3 Å². The molecular weight excluding hydrogens is 342 g/mol. The molecule has 140 valence electrons. The number of sulfone groups is 1. The van der Waals surface area contributed by atoms with Gasteiger partial charge in [-0.25, -0.2) is 8.42 Å². The minimum absolute atomic E-state index is 0.110. The molecule has 0 unspecified atom stereocenters. The summed E-state index contributed by atoms with van der Waals surface area (Å²) in [5.74, 6) is 0.163. The van der Waals surface area contributed by atoms with Crippen LogP contribution in [0.1, 0.15) is 62.3 Å². The van der Waals surface area contributed by atoms with Gasteiger partial charge in [0.2, 0.25) is 0 Å². The first-order chi connectivity index (χ1) is 12.4. The van der Waals surface area contributed by atoms with E-state index in [1.54, 1.807) is 0 Å². The number of fused-ring (bicyclic) bond motifs is 1. The average molecular weight is 372 g/mol. The third-order valence-corrected chi connectivity index (χ3v) is 7.51. The van der Waals surface area contributed by atoms with Crippen LogP contribution >= 0.6 is 0 Å². The molecule has 1 aliphatic rings. The molecular formula is C22H29NO2S. The van der Waals surface area contributed by atoms with Gasteiger partial charge in [0.15, 0.2) is 9.84 Å². The quantitative estimate of drug-likeness (QED) is 0.821. The number of benzene rings is 2. The van der Waals surface area contributed by atoms with Gasteiger partial charge in [0.25, 0.3) is 0 Å². The van der Waals surface area contributed by atoms with Crippen LogP contribution in [0.2, 0.25) is 0 Å². The molecule has 26 heavy (non-hydrogen) atoms. The van der Waals surface area contributed by atoms with Crippen LogP contribution in [0.15, 0.2) is 53.4 Å². The van der Waals surface area contributed by atoms with E-state index in [2.05, 4.69) is 31.3 Å². The molecule has 4 heteroatoms. The predicted octanol–water partition coefficient (Wildman–Crippen LogP) is 4.80. The zero-order chi connectivity index (χ0) is 18.8. The number of nitrogens with one attached hydrogen (secondary N) is 1. The van der Waals surface area contributed by atoms with Gasteiger partial charge in [-0.2, -0.15) is 0 Å². The van der Waals surface area contributed by atoms with E-state index in [0.717, 1.165) is 42.4 Å². The highest BCUT2D eigenvalue weighted by Gasteiger charge is 2.41. The summed E-state index contributed by atoms with van der Waals surface area (Å²) >= 11 is 0. The number of hydrogen-bond acceptors (Lipinski definition) is 3. The van der Waals surface area contributed by atoms with Crippen molar-refractivity contribution in [1.29, 1.82) is 0 Å². The third kappa shape index (κ3) is 3.72. The maximum atomic E-state index is 13.3. The Morgan fingerprint density at radius 1 is 1.12 bits per heavy atom. The summed E-state index contributed by atoms with van der Waals surface area (Å²) in [6.45, 7) is 6.21. The second-order valence-electron chi connectivity index (χ2n) is 7.53. The molecule has 1 aliphatic heterocycles. The highest BCUT2D eigenvalue weighted by Crippen LogP contribution is 2.38. The fourth-order valence-corrected chi connectivity index (χ4v) is 6.19. The van der Waals surface area contributed by atoms with Gasteiger partial charge in [-0.15, -0.1) is 0 Å². The normalized spacial score (nSPS) is 24.7. The Kier molecular flexibility index (Phi) is 5.54. The van der Waals surface area contributed by atoms with Gasteiger partial charge in [0.1, 0.15) is 0 Å². The van der Waals surface area contributed by atoms with Crippen molar-refractivity contribution in [1.82, 2.24) is 5.32 Å². The van der Waals surface area contributed by atoms with E-state index < -0.39 is 15.4 Å². The second kappa shape index (κ2) is 7.53. The van der Waals surface area contributed by atoms with Gasteiger partial charge >= 0.3 is 0 Å². The van der Waals surface area contributed by atoms with Crippen molar-refractivity contribution < 1.29 is 8.42 Å². The summed E-state index contributed by atoms with van der Waals surface area (Å²) in [5.41, 5.74) is 2.57. The van der Waals surface area contributed by atoms with E-state index in [-0.39, 0.29) is 11.8 Å². The van der Waals surface area contributed by atoms with Gasteiger partial charge in [0.05, 0.1) is 16.7 Å². The molecule has 3 rings (SSSR count). The molecule has 0 aliphatic carbocycles. The van der Waals surface area contributed by atoms with Crippen LogP contribution in [0.5, 0.6) is 0 Å². The summed E-state index contributed by atoms with van der Waals surface area (Å²) < 4.78 is 26.6. The van der Waals surface area contributed by atoms with Gasteiger partial charge in [-0.05, 0) is 42.5 Å². The molecule has 2 aromatic rings. The summed E-state index contributed by atoms with van der Waals surface area (Å²) in [6, 6.07) is 15.9. The standard InChI is InChI=1S/C22H29NO2S/c1-4-6-14-22(5-2)16-26(24,25)20-15-17(3)12-13-19(20)21(23-22)18-10-8-7-9-11-18/h7-13,15,21,23H,4-6,14,16H2,1-3H3/t21-,22+/m0/s1. The summed E-state index contributed by atoms with van der Waals surface area (Å²) in [5, 5.41) is 3.78. The molecule has 1 heterocycles. The molecule has 1 N–H and O–H groups in total. The molecule has 2 atom stereocenters. The molecule has 0 bridgehead atoms. The van der Waals surface area contributed by atoms with Crippen LogP contribution in [0.3, 0.4) is 0 Å². The van der Waals surface area contributed by atoms with Gasteiger partial charge < -0.3 is 0 Å². The maximum Gasteiger partial charge on any atom is 0.180 e. The lowest BCUT2D eigenvalue weighted by Gasteiger charge is -2.35. The van der Waals surface area contributed by atoms with Crippen LogP contribution < -0.4 is 5.32 Å². The first-order valence-electron chi connectivity index (χ1n) is 9.57. The van der Waals surface area contributed by atoms with Crippen molar-refractivity contribution in [3.8, 4) is 0 Å². The molecule has 0 saturated carbocycles. The highest BCUT2D eigenvalue weighted by molar-refractivity contribution is 7.91. The molecule has 3 nitrogen and oxygen atoms in total. The van der Waals surface area contributed by atoms with Crippen LogP contribution in [0.4, 0.5) is 0 Å². The van der Waals surface area contributed by atoms with Crippen molar-refractivity contribution in [3.05, 3.63) is 65.2 Å². The van der Waals surface area contributed by atoms with Crippen molar-refractivity contribution in [2.45, 2.75) is 62.9 Å². The van der Waals surface area contributed by atoms with E-state index in [9.17, 15) is 8.42 Å². The largest absolute Gasteiger partial charge is 0.300 e. The van der Waals surface area contributed by atoms with Crippen LogP contribution in [-0.2, 0) is 9.84 Å². The zero-order valence-electron chi connectivity index (χ0n) is 16.0. The smallest absolute Gasteiger partial charge is 0.180 e. The van der Waals surface area contributed by atoms with Crippen molar-refractivity contribution in [2.24, 2.45) is 0 Å². The van der Waals surface area contributed by atoms with Gasteiger partial charge in [-0.1, -0.05) is 69.2 Å². The Bertz CT molecular complexity index is 861. The molecule has 0 spiro atoms. The van der Waals surface area contributed by atoms with E-state index in [4.69, 9.17) is 0 Å². The van der Waals surface area contributed by atoms with E-state index in [0.29, 0.717) is 4.90 Å². The summed E-state index contributed by atoms with van der Waals surface area (Å²) in [6.07, 6.45) is 3.75. The summed E-state index contributed by atoms with van der Waals surface area (Å²) in [7, 11) is -3.35. The molecule has 0 fully saturated rings. The monoisotopic (exact) mass is 371 g/mol. The lowest BCUT2D eigenvalue weighted by atomic mass is 9.88. The summed E-state index contributed by atoms with van der Waals surface area (Å²) in [4.78, 5) is 0.491. The lowest BCUT2D eigenvalue weighted by molar-refractivity contribution is 0.295. The fraction of sp³-hybridized carbons (Fsp3) is 0.455. The molecule has 0 aromatic heterocycles. The lowest BCUT2D eigenvalue weighted by Crippen LogP contribution is -2.50. The van der Waals surface area contributed by atoms with E-state index >= 15 is 0 Å². The fourth-order valence-electron chi connectivity index (χ4n) is 3.97. The third-order valence-electron chi connectivity index (χ3n) is 5.55. The topological polar surface area (TPSA) is 46.2 Å². The molecule has 0 radical (unpaired) electrons. The Morgan fingerprint density at radius 3 is 2.50 bits per heavy atom. The van der Waals surface area contributed by atoms with Crippen molar-refractivity contribution >= 4 is 9.84 Å². The van der Waals surface area contributed by atoms with E-state index in [1.165, 1.54) is 0 Å². The van der Waals surface area contributed by atoms with Crippen LogP contribution in [-0.4, -0.2) is 19.7 Å². The average Bonchev–Trinajstić information content (AvgIpc) is 2.74. The zero-order valence-corrected chi connectivity index (χ0v) is 16.8. The maximum absolute atomic E-state index is 13.3. The number of hydrogen-bond donors (Lipinski definition) is 1. The molecule has 0 saturated heterocycles. The minimum atomic E-state index is -3.35. The number of rotatable bonds is 5. The van der Waals surface area contributed by atoms with Crippen LogP contribution in [0.25, 0.3) is 0 Å². The SMILES string of the molecule is CCCC[C@]1(CC)CS(=O)(=O)c2cc(C)ccc2[C@H](c2ccccc2)N1. The van der Waals surface area contributed by atoms with Gasteiger partial charge in [0, 0.05) is 5.54 Å². The number of aryl methyl sites for hydroxylation is 1. The first-order valence-corrected chi connectivity index (χ1v) is 11.2.